The first-order valence-electron chi connectivity index (χ1n) is 11.7. The number of nitrogens with one attached hydrogen (secondary N) is 2. The molecule has 0 spiro atoms. The molecule has 37 heavy (non-hydrogen) atoms. The molecular weight excluding hydrogens is 494 g/mol. The van der Waals surface area contributed by atoms with Gasteiger partial charge in [-0.25, -0.2) is 9.69 Å². The van der Waals surface area contributed by atoms with E-state index in [0.717, 1.165) is 16.9 Å². The number of ether oxygens (including phenoxy) is 1. The predicted octanol–water partition coefficient (Wildman–Crippen LogP) is 5.11. The summed E-state index contributed by atoms with van der Waals surface area (Å²) >= 11 is 6.23. The van der Waals surface area contributed by atoms with Gasteiger partial charge in [-0.1, -0.05) is 36.7 Å². The number of imide groups is 1. The zero-order valence-electron chi connectivity index (χ0n) is 20.2. The van der Waals surface area contributed by atoms with E-state index in [1.165, 1.54) is 24.3 Å². The second-order valence-electron chi connectivity index (χ2n) is 8.11. The monoisotopic (exact) mass is 517 g/mol. The molecule has 0 aliphatic carbocycles. The van der Waals surface area contributed by atoms with Gasteiger partial charge in [-0.2, -0.15) is 0 Å². The summed E-state index contributed by atoms with van der Waals surface area (Å²) in [4.78, 5) is 51.4. The van der Waals surface area contributed by atoms with Crippen molar-refractivity contribution in [3.63, 3.8) is 0 Å². The van der Waals surface area contributed by atoms with Gasteiger partial charge in [0.1, 0.15) is 10.7 Å². The van der Waals surface area contributed by atoms with Crippen molar-refractivity contribution in [3.05, 3.63) is 100 Å². The Hall–Kier alpha value is -4.43. The first kappa shape index (κ1) is 25.7. The summed E-state index contributed by atoms with van der Waals surface area (Å²) in [5, 5.41) is 5.42. The van der Waals surface area contributed by atoms with E-state index >= 15 is 0 Å². The van der Waals surface area contributed by atoms with E-state index in [1.807, 2.05) is 24.3 Å². The smallest absolute Gasteiger partial charge is 0.338 e. The number of carbonyl (C=O) groups is 4. The molecule has 4 rings (SSSR count). The van der Waals surface area contributed by atoms with Crippen molar-refractivity contribution in [1.29, 1.82) is 0 Å². The van der Waals surface area contributed by atoms with Crippen LogP contribution in [0, 0.1) is 0 Å². The highest BCUT2D eigenvalue weighted by Gasteiger charge is 2.39. The van der Waals surface area contributed by atoms with E-state index in [4.69, 9.17) is 16.3 Å². The molecule has 2 N–H and O–H groups in total. The van der Waals surface area contributed by atoms with Crippen LogP contribution >= 0.6 is 11.6 Å². The van der Waals surface area contributed by atoms with E-state index in [0.29, 0.717) is 22.5 Å². The highest BCUT2D eigenvalue weighted by atomic mass is 35.5. The molecule has 0 fully saturated rings. The van der Waals surface area contributed by atoms with Gasteiger partial charge in [0, 0.05) is 16.9 Å². The molecule has 0 atom stereocenters. The molecule has 3 aromatic carbocycles. The zero-order valence-corrected chi connectivity index (χ0v) is 21.0. The van der Waals surface area contributed by atoms with Crippen molar-refractivity contribution in [1.82, 2.24) is 0 Å². The minimum absolute atomic E-state index is 0.117. The third kappa shape index (κ3) is 5.54. The van der Waals surface area contributed by atoms with Crippen LogP contribution in [0.4, 0.5) is 17.1 Å². The number of aryl methyl sites for hydroxylation is 1. The van der Waals surface area contributed by atoms with Crippen LogP contribution < -0.4 is 15.5 Å². The molecule has 0 bridgehead atoms. The molecule has 0 unspecified atom stereocenters. The van der Waals surface area contributed by atoms with Crippen molar-refractivity contribution in [2.75, 3.05) is 22.1 Å². The number of benzene rings is 3. The third-order valence-corrected chi connectivity index (χ3v) is 6.03. The van der Waals surface area contributed by atoms with Crippen molar-refractivity contribution in [3.8, 4) is 0 Å². The zero-order chi connectivity index (χ0) is 26.5. The molecule has 3 amide bonds. The molecule has 1 aliphatic heterocycles. The summed E-state index contributed by atoms with van der Waals surface area (Å²) in [7, 11) is 0. The fraction of sp³-hybridized carbons (Fsp3) is 0.143. The molecule has 8 nitrogen and oxygen atoms in total. The molecule has 188 valence electrons. The number of esters is 1. The Balaban J connectivity index is 1.49. The average Bonchev–Trinajstić information content (AvgIpc) is 3.12. The van der Waals surface area contributed by atoms with Crippen LogP contribution in [0.3, 0.4) is 0 Å². The second-order valence-corrected chi connectivity index (χ2v) is 8.49. The van der Waals surface area contributed by atoms with Crippen LogP contribution in [-0.2, 0) is 20.7 Å². The van der Waals surface area contributed by atoms with E-state index in [2.05, 4.69) is 17.6 Å². The lowest BCUT2D eigenvalue weighted by Crippen LogP contribution is -2.32. The van der Waals surface area contributed by atoms with Gasteiger partial charge in [0.05, 0.1) is 17.9 Å². The molecule has 0 radical (unpaired) electrons. The maximum Gasteiger partial charge on any atom is 0.338 e. The number of anilines is 3. The molecule has 0 aromatic heterocycles. The molecule has 0 saturated heterocycles. The van der Waals surface area contributed by atoms with E-state index in [1.54, 1.807) is 31.2 Å². The summed E-state index contributed by atoms with van der Waals surface area (Å²) in [6.45, 7) is 3.98. The van der Waals surface area contributed by atoms with Crippen LogP contribution in [0.1, 0.15) is 40.1 Å². The maximum atomic E-state index is 13.1. The van der Waals surface area contributed by atoms with Crippen molar-refractivity contribution in [2.24, 2.45) is 0 Å². The Kier molecular flexibility index (Phi) is 7.69. The minimum atomic E-state index is -0.706. The molecule has 1 heterocycles. The van der Waals surface area contributed by atoms with E-state index in [-0.39, 0.29) is 28.9 Å². The number of amides is 3. The van der Waals surface area contributed by atoms with Crippen LogP contribution in [0.2, 0.25) is 0 Å². The number of halogens is 1. The quantitative estimate of drug-likeness (QED) is 0.317. The van der Waals surface area contributed by atoms with Gasteiger partial charge in [-0.05, 0) is 73.5 Å². The third-order valence-electron chi connectivity index (χ3n) is 5.68. The number of carbonyl (C=O) groups excluding carboxylic acids is 4. The van der Waals surface area contributed by atoms with Gasteiger partial charge < -0.3 is 15.4 Å². The molecule has 0 saturated carbocycles. The minimum Gasteiger partial charge on any atom is -0.462 e. The van der Waals surface area contributed by atoms with Crippen molar-refractivity contribution >= 4 is 52.4 Å². The fourth-order valence-electron chi connectivity index (χ4n) is 3.72. The van der Waals surface area contributed by atoms with Gasteiger partial charge in [0.15, 0.2) is 0 Å². The van der Waals surface area contributed by atoms with Crippen molar-refractivity contribution < 1.29 is 23.9 Å². The number of hydrogen-bond acceptors (Lipinski definition) is 6. The number of hydrogen-bond donors (Lipinski definition) is 2. The normalized spacial score (nSPS) is 13.1. The summed E-state index contributed by atoms with van der Waals surface area (Å²) in [6, 6.07) is 19.9. The lowest BCUT2D eigenvalue weighted by atomic mass is 10.1. The van der Waals surface area contributed by atoms with Crippen molar-refractivity contribution in [2.45, 2.75) is 20.3 Å². The largest absolute Gasteiger partial charge is 0.462 e. The Labute approximate surface area is 218 Å². The van der Waals surface area contributed by atoms with Gasteiger partial charge in [-0.3, -0.25) is 14.4 Å². The predicted molar refractivity (Wildman–Crippen MR) is 142 cm³/mol. The average molecular weight is 518 g/mol. The van der Waals surface area contributed by atoms with Crippen LogP contribution in [0.15, 0.2) is 83.5 Å². The Morgan fingerprint density at radius 3 is 2.22 bits per heavy atom. The van der Waals surface area contributed by atoms with Gasteiger partial charge in [0.25, 0.3) is 17.7 Å². The first-order chi connectivity index (χ1) is 17.8. The van der Waals surface area contributed by atoms with Crippen LogP contribution in [0.5, 0.6) is 0 Å². The fourth-order valence-corrected chi connectivity index (χ4v) is 3.93. The topological polar surface area (TPSA) is 105 Å². The highest BCUT2D eigenvalue weighted by Crippen LogP contribution is 2.30. The van der Waals surface area contributed by atoms with Crippen LogP contribution in [0.25, 0.3) is 0 Å². The first-order valence-corrected chi connectivity index (χ1v) is 12.0. The van der Waals surface area contributed by atoms with Gasteiger partial charge in [0.2, 0.25) is 0 Å². The Morgan fingerprint density at radius 2 is 1.57 bits per heavy atom. The molecule has 9 heteroatoms. The van der Waals surface area contributed by atoms with E-state index < -0.39 is 17.8 Å². The molecule has 3 aromatic rings. The molecule has 1 aliphatic rings. The van der Waals surface area contributed by atoms with E-state index in [9.17, 15) is 19.2 Å². The summed E-state index contributed by atoms with van der Waals surface area (Å²) in [6.07, 6.45) is 0.901. The Morgan fingerprint density at radius 1 is 0.865 bits per heavy atom. The summed E-state index contributed by atoms with van der Waals surface area (Å²) < 4.78 is 4.95. The number of rotatable bonds is 8. The SMILES string of the molecule is CCOC(=O)c1ccc(N2C(=O)C(Cl)=C(Nc3cccc(C(=O)Nc4ccc(CC)cc4)c3)C2=O)cc1. The Bertz CT molecular complexity index is 1400. The van der Waals surface area contributed by atoms with Gasteiger partial charge in [-0.15, -0.1) is 0 Å². The summed E-state index contributed by atoms with van der Waals surface area (Å²) in [5.41, 5.74) is 3.00. The number of nitrogens with zero attached hydrogens (tertiary/aromatic N) is 1. The lowest BCUT2D eigenvalue weighted by Gasteiger charge is -2.15. The standard InChI is InChI=1S/C28H24ClN3O5/c1-3-17-8-12-20(13-9-17)31-25(33)19-6-5-7-21(16-19)30-24-23(29)26(34)32(27(24)35)22-14-10-18(11-15-22)28(36)37-4-2/h5-16,30H,3-4H2,1-2H3,(H,31,33). The van der Waals surface area contributed by atoms with Crippen LogP contribution in [-0.4, -0.2) is 30.3 Å². The van der Waals surface area contributed by atoms with Gasteiger partial charge >= 0.3 is 5.97 Å². The summed E-state index contributed by atoms with van der Waals surface area (Å²) in [5.74, 6) is -2.20. The maximum absolute atomic E-state index is 13.1. The second kappa shape index (κ2) is 11.1. The molecular formula is C28H24ClN3O5. The lowest BCUT2D eigenvalue weighted by molar-refractivity contribution is -0.120. The highest BCUT2D eigenvalue weighted by molar-refractivity contribution is 6.53.